The largest absolute Gasteiger partial charge is 3.00 e. The molecule has 0 spiro atoms. The first kappa shape index (κ1) is 39.4. The molecule has 0 bridgehead atoms. The number of unbranched alkanes of at least 4 members (excludes halogenated alkanes) is 1. The number of carbonyl (C=O) groups excluding carboxylic acids is 3. The second kappa shape index (κ2) is 107. The van der Waals surface area contributed by atoms with Gasteiger partial charge in [0.2, 0.25) is 0 Å². The van der Waals surface area contributed by atoms with E-state index in [4.69, 9.17) is 9.59 Å². The Balaban J connectivity index is -0.0000000116. The molecule has 0 heterocycles. The van der Waals surface area contributed by atoms with E-state index >= 15 is 0 Å². The van der Waals surface area contributed by atoms with Crippen LogP contribution in [-0.4, -0.2) is 19.9 Å². The Kier molecular flexibility index (Phi) is 351. The molecule has 0 saturated heterocycles. The molecule has 0 aromatic heterocycles. The molecule has 0 rings (SSSR count). The number of hydrogen-bond acceptors (Lipinski definition) is 3. The van der Waals surface area contributed by atoms with E-state index in [0.717, 1.165) is 6.42 Å². The molecule has 0 aromatic carbocycles. The third kappa shape index (κ3) is 160. The summed E-state index contributed by atoms with van der Waals surface area (Å²) in [5, 5.41) is 0. The van der Waals surface area contributed by atoms with Gasteiger partial charge in [0.05, 0.1) is 0 Å². The zero-order valence-corrected chi connectivity index (χ0v) is 11.1. The minimum absolute atomic E-state index is 0. The molecular formula is C6H15MnO3P2. The van der Waals surface area contributed by atoms with Gasteiger partial charge in [-0.25, -0.2) is 0 Å². The fourth-order valence-electron chi connectivity index (χ4n) is 0.102. The zero-order valence-electron chi connectivity index (χ0n) is 7.09. The van der Waals surface area contributed by atoms with E-state index in [0.29, 0.717) is 6.42 Å². The van der Waals surface area contributed by atoms with Gasteiger partial charge < -0.3 is 14.4 Å². The van der Waals surface area contributed by atoms with Crippen molar-refractivity contribution in [3.63, 3.8) is 0 Å². The van der Waals surface area contributed by atoms with Gasteiger partial charge in [0.15, 0.2) is 0 Å². The molecule has 0 amide bonds. The quantitative estimate of drug-likeness (QED) is 0.310. The SMILES string of the molecule is CCC[C-]=O.P.P.[CH-]=O.[CH-]=O.[Mn+3]. The number of rotatable bonds is 2. The molecule has 74 valence electrons. The molecule has 0 aliphatic heterocycles. The fraction of sp³-hybridized carbons (Fsp3) is 0.500. The summed E-state index contributed by atoms with van der Waals surface area (Å²) in [6, 6.07) is 0. The molecule has 0 aliphatic carbocycles. The Morgan fingerprint density at radius 3 is 1.33 bits per heavy atom. The van der Waals surface area contributed by atoms with Crippen LogP contribution in [-0.2, 0) is 31.5 Å². The smallest absolute Gasteiger partial charge is 0.545 e. The number of hydrogen-bond donors (Lipinski definition) is 0. The van der Waals surface area contributed by atoms with Crippen LogP contribution in [0.1, 0.15) is 19.8 Å². The van der Waals surface area contributed by atoms with Gasteiger partial charge in [-0.15, -0.1) is 0 Å². The van der Waals surface area contributed by atoms with Crippen molar-refractivity contribution in [3.8, 4) is 0 Å². The molecule has 0 N–H and O–H groups in total. The summed E-state index contributed by atoms with van der Waals surface area (Å²) in [6.45, 7) is 8.45. The summed E-state index contributed by atoms with van der Waals surface area (Å²) in [7, 11) is 0. The van der Waals surface area contributed by atoms with Gasteiger partial charge in [-0.3, -0.25) is 19.9 Å². The summed E-state index contributed by atoms with van der Waals surface area (Å²) in [5.74, 6) is 0. The van der Waals surface area contributed by atoms with E-state index in [1.165, 1.54) is 0 Å². The van der Waals surface area contributed by atoms with Crippen LogP contribution in [0.25, 0.3) is 0 Å². The molecule has 2 unspecified atom stereocenters. The van der Waals surface area contributed by atoms with Crippen LogP contribution in [0.5, 0.6) is 0 Å². The van der Waals surface area contributed by atoms with E-state index in [1.54, 1.807) is 6.29 Å². The molecule has 12 heavy (non-hydrogen) atoms. The average molecular weight is 252 g/mol. The Morgan fingerprint density at radius 1 is 1.08 bits per heavy atom. The standard InChI is InChI=1S/C4H7O.2CHO.Mn.2H3P/c1-2-3-4-5;2*1-2;;;/h2-3H2,1H3;2*1H;;2*1H3/q3*-1;+3;;. The second-order valence-corrected chi connectivity index (χ2v) is 0.894. The minimum atomic E-state index is 0. The summed E-state index contributed by atoms with van der Waals surface area (Å²) >= 11 is 0. The Hall–Kier alpha value is 0.389. The second-order valence-electron chi connectivity index (χ2n) is 0.894. The third-order valence-corrected chi connectivity index (χ3v) is 0.352. The van der Waals surface area contributed by atoms with Gasteiger partial charge in [0, 0.05) is 0 Å². The summed E-state index contributed by atoms with van der Waals surface area (Å²) < 4.78 is 0. The minimum Gasteiger partial charge on any atom is -0.545 e. The van der Waals surface area contributed by atoms with Crippen LogP contribution in [0, 0.1) is 0 Å². The van der Waals surface area contributed by atoms with Gasteiger partial charge in [0.25, 0.3) is 0 Å². The maximum atomic E-state index is 9.28. The molecule has 6 heteroatoms. The summed E-state index contributed by atoms with van der Waals surface area (Å²) in [6.07, 6.45) is 3.27. The van der Waals surface area contributed by atoms with Crippen LogP contribution >= 0.6 is 19.8 Å². The maximum absolute atomic E-state index is 9.28. The van der Waals surface area contributed by atoms with Crippen LogP contribution in [0.15, 0.2) is 0 Å². The van der Waals surface area contributed by atoms with E-state index in [1.807, 2.05) is 6.92 Å². The summed E-state index contributed by atoms with van der Waals surface area (Å²) in [4.78, 5) is 24.8. The van der Waals surface area contributed by atoms with Crippen molar-refractivity contribution in [3.05, 3.63) is 0 Å². The summed E-state index contributed by atoms with van der Waals surface area (Å²) in [5.41, 5.74) is 0. The van der Waals surface area contributed by atoms with Crippen molar-refractivity contribution >= 4 is 39.7 Å². The van der Waals surface area contributed by atoms with Crippen molar-refractivity contribution in [1.29, 1.82) is 0 Å². The normalized spacial score (nSPS) is 3.75. The molecule has 0 aromatic rings. The monoisotopic (exact) mass is 252 g/mol. The van der Waals surface area contributed by atoms with E-state index in [9.17, 15) is 4.79 Å². The molecular weight excluding hydrogens is 237 g/mol. The zero-order chi connectivity index (χ0) is 8.12. The van der Waals surface area contributed by atoms with Gasteiger partial charge in [-0.05, 0) is 0 Å². The van der Waals surface area contributed by atoms with Crippen molar-refractivity contribution in [2.45, 2.75) is 19.8 Å². The molecule has 0 radical (unpaired) electrons. The van der Waals surface area contributed by atoms with E-state index in [-0.39, 0.29) is 36.9 Å². The van der Waals surface area contributed by atoms with E-state index in [2.05, 4.69) is 13.6 Å². The van der Waals surface area contributed by atoms with Crippen LogP contribution in [0.3, 0.4) is 0 Å². The van der Waals surface area contributed by atoms with Crippen molar-refractivity contribution < 1.29 is 31.5 Å². The predicted octanol–water partition coefficient (Wildman–Crippen LogP) is 0.462. The third-order valence-electron chi connectivity index (χ3n) is 0.352. The molecule has 0 saturated carbocycles. The molecule has 3 nitrogen and oxygen atoms in total. The average Bonchev–Trinajstić information content (AvgIpc) is 1.98. The topological polar surface area (TPSA) is 51.2 Å². The first-order valence-corrected chi connectivity index (χ1v) is 2.24. The van der Waals surface area contributed by atoms with Crippen LogP contribution in [0.2, 0.25) is 0 Å². The van der Waals surface area contributed by atoms with Gasteiger partial charge in [-0.2, -0.15) is 26.2 Å². The van der Waals surface area contributed by atoms with Crippen LogP contribution in [0.4, 0.5) is 0 Å². The van der Waals surface area contributed by atoms with Gasteiger partial charge >= 0.3 is 17.1 Å². The first-order valence-electron chi connectivity index (χ1n) is 2.24. The maximum Gasteiger partial charge on any atom is 3.00 e. The Bertz CT molecular complexity index is 56.1. The van der Waals surface area contributed by atoms with Crippen molar-refractivity contribution in [2.24, 2.45) is 0 Å². The fourth-order valence-corrected chi connectivity index (χ4v) is 0.102. The Labute approximate surface area is 91.2 Å². The van der Waals surface area contributed by atoms with Gasteiger partial charge in [0.1, 0.15) is 0 Å². The van der Waals surface area contributed by atoms with E-state index < -0.39 is 0 Å². The van der Waals surface area contributed by atoms with Gasteiger partial charge in [-0.1, -0.05) is 13.3 Å². The van der Waals surface area contributed by atoms with Crippen molar-refractivity contribution in [2.75, 3.05) is 0 Å². The Morgan fingerprint density at radius 2 is 1.33 bits per heavy atom. The molecule has 0 aliphatic rings. The molecule has 0 fully saturated rings. The molecule has 2 atom stereocenters. The predicted molar refractivity (Wildman–Crippen MR) is 56.3 cm³/mol. The van der Waals surface area contributed by atoms with Crippen molar-refractivity contribution in [1.82, 2.24) is 0 Å². The first-order chi connectivity index (χ1) is 4.41. The van der Waals surface area contributed by atoms with Crippen LogP contribution < -0.4 is 0 Å².